The Morgan fingerprint density at radius 1 is 1.29 bits per heavy atom. The summed E-state index contributed by atoms with van der Waals surface area (Å²) in [6, 6.07) is 5.07. The van der Waals surface area contributed by atoms with Gasteiger partial charge in [-0.3, -0.25) is 10.1 Å². The average molecular weight is 345 g/mol. The molecule has 0 aliphatic rings. The zero-order valence-electron chi connectivity index (χ0n) is 10.1. The van der Waals surface area contributed by atoms with E-state index in [1.54, 1.807) is 0 Å². The van der Waals surface area contributed by atoms with E-state index in [1.165, 1.54) is 30.5 Å². The molecule has 108 valence electrons. The molecule has 21 heavy (non-hydrogen) atoms. The highest BCUT2D eigenvalue weighted by molar-refractivity contribution is 7.99. The number of carboxylic acids is 1. The van der Waals surface area contributed by atoms with Crippen LogP contribution in [0.1, 0.15) is 10.4 Å². The number of nitro benzene ring substituents is 1. The van der Waals surface area contributed by atoms with Crippen molar-refractivity contribution in [2.45, 2.75) is 9.92 Å². The van der Waals surface area contributed by atoms with Gasteiger partial charge in [0.2, 0.25) is 0 Å². The van der Waals surface area contributed by atoms with E-state index in [-0.39, 0.29) is 21.3 Å². The number of pyridine rings is 1. The average Bonchev–Trinajstić information content (AvgIpc) is 2.42. The molecule has 0 spiro atoms. The molecule has 2 aromatic rings. The summed E-state index contributed by atoms with van der Waals surface area (Å²) in [5.74, 6) is -1.08. The van der Waals surface area contributed by atoms with Crippen LogP contribution in [0.5, 0.6) is 0 Å². The maximum atomic E-state index is 10.9. The van der Waals surface area contributed by atoms with Gasteiger partial charge in [0.05, 0.1) is 25.4 Å². The smallest absolute Gasteiger partial charge is 0.335 e. The van der Waals surface area contributed by atoms with E-state index >= 15 is 0 Å². The maximum absolute atomic E-state index is 10.9. The summed E-state index contributed by atoms with van der Waals surface area (Å²) in [5.41, 5.74) is -0.150. The van der Waals surface area contributed by atoms with Gasteiger partial charge in [0, 0.05) is 18.3 Å². The number of nitrogens with zero attached hydrogens (tertiary/aromatic N) is 2. The van der Waals surface area contributed by atoms with Crippen LogP contribution < -0.4 is 0 Å². The van der Waals surface area contributed by atoms with Crippen LogP contribution in [0, 0.1) is 10.1 Å². The monoisotopic (exact) mass is 344 g/mol. The number of non-ortho nitro benzene ring substituents is 1. The summed E-state index contributed by atoms with van der Waals surface area (Å²) in [6.07, 6.45) is 1.35. The molecule has 0 aliphatic heterocycles. The van der Waals surface area contributed by atoms with Crippen LogP contribution in [0.2, 0.25) is 10.0 Å². The lowest BCUT2D eigenvalue weighted by molar-refractivity contribution is -0.384. The Morgan fingerprint density at radius 2 is 1.90 bits per heavy atom. The van der Waals surface area contributed by atoms with Crippen LogP contribution in [0.15, 0.2) is 40.4 Å². The highest BCUT2D eigenvalue weighted by atomic mass is 35.5. The molecule has 1 heterocycles. The van der Waals surface area contributed by atoms with Gasteiger partial charge in [-0.05, 0) is 12.1 Å². The van der Waals surface area contributed by atoms with Crippen molar-refractivity contribution in [3.8, 4) is 0 Å². The predicted octanol–water partition coefficient (Wildman–Crippen LogP) is 4.15. The van der Waals surface area contributed by atoms with Gasteiger partial charge in [0.15, 0.2) is 0 Å². The van der Waals surface area contributed by atoms with Gasteiger partial charge in [-0.2, -0.15) is 0 Å². The molecule has 6 nitrogen and oxygen atoms in total. The Labute approximate surface area is 132 Å². The number of rotatable bonds is 4. The number of aromatic carboxylic acids is 1. The minimum Gasteiger partial charge on any atom is -0.478 e. The van der Waals surface area contributed by atoms with E-state index in [1.807, 2.05) is 0 Å². The standard InChI is InChI=1S/C12H6Cl2N2O4S/c13-8-4-7(16(19)20)5-9(14)11(8)21-10-3-6(12(17)18)1-2-15-10/h1-5H,(H,17,18). The van der Waals surface area contributed by atoms with Crippen molar-refractivity contribution in [2.75, 3.05) is 0 Å². The zero-order chi connectivity index (χ0) is 15.6. The topological polar surface area (TPSA) is 93.3 Å². The van der Waals surface area contributed by atoms with Crippen LogP contribution >= 0.6 is 35.0 Å². The lowest BCUT2D eigenvalue weighted by atomic mass is 10.3. The van der Waals surface area contributed by atoms with Crippen LogP contribution in [0.25, 0.3) is 0 Å². The molecule has 0 atom stereocenters. The first-order chi connectivity index (χ1) is 9.88. The van der Waals surface area contributed by atoms with Crippen molar-refractivity contribution in [1.29, 1.82) is 0 Å². The molecule has 0 radical (unpaired) electrons. The first-order valence-corrected chi connectivity index (χ1v) is 6.96. The number of nitro groups is 1. The molecule has 0 saturated carbocycles. The van der Waals surface area contributed by atoms with Crippen molar-refractivity contribution in [1.82, 2.24) is 4.98 Å². The molecule has 0 fully saturated rings. The highest BCUT2D eigenvalue weighted by Gasteiger charge is 2.16. The summed E-state index contributed by atoms with van der Waals surface area (Å²) >= 11 is 13.0. The molecule has 0 saturated heterocycles. The number of hydrogen-bond acceptors (Lipinski definition) is 5. The summed E-state index contributed by atoms with van der Waals surface area (Å²) in [5, 5.41) is 20.2. The fourth-order valence-corrected chi connectivity index (χ4v) is 2.98. The molecule has 1 N–H and O–H groups in total. The molecule has 9 heteroatoms. The molecule has 2 rings (SSSR count). The third-order valence-electron chi connectivity index (χ3n) is 2.38. The number of benzene rings is 1. The Morgan fingerprint density at radius 3 is 2.43 bits per heavy atom. The SMILES string of the molecule is O=C(O)c1ccnc(Sc2c(Cl)cc([N+](=O)[O-])cc2Cl)c1. The fraction of sp³-hybridized carbons (Fsp3) is 0. The Bertz CT molecular complexity index is 716. The van der Waals surface area contributed by atoms with Gasteiger partial charge in [-0.15, -0.1) is 0 Å². The second kappa shape index (κ2) is 6.30. The number of carboxylic acid groups (broad SMARTS) is 1. The maximum Gasteiger partial charge on any atom is 0.335 e. The van der Waals surface area contributed by atoms with Crippen molar-refractivity contribution in [3.05, 3.63) is 56.2 Å². The summed E-state index contributed by atoms with van der Waals surface area (Å²) in [4.78, 5) is 25.4. The van der Waals surface area contributed by atoms with Crippen molar-refractivity contribution in [2.24, 2.45) is 0 Å². The first-order valence-electron chi connectivity index (χ1n) is 5.39. The Kier molecular flexibility index (Phi) is 4.66. The van der Waals surface area contributed by atoms with Crippen LogP contribution in [0.4, 0.5) is 5.69 Å². The largest absolute Gasteiger partial charge is 0.478 e. The van der Waals surface area contributed by atoms with Gasteiger partial charge in [-0.1, -0.05) is 35.0 Å². The molecule has 0 amide bonds. The molecular formula is C12H6Cl2N2O4S. The number of aromatic nitrogens is 1. The minimum atomic E-state index is -1.08. The predicted molar refractivity (Wildman–Crippen MR) is 78.4 cm³/mol. The zero-order valence-corrected chi connectivity index (χ0v) is 12.4. The van der Waals surface area contributed by atoms with E-state index in [2.05, 4.69) is 4.98 Å². The summed E-state index contributed by atoms with van der Waals surface area (Å²) < 4.78 is 0. The van der Waals surface area contributed by atoms with E-state index < -0.39 is 10.9 Å². The molecular weight excluding hydrogens is 339 g/mol. The Hall–Kier alpha value is -1.83. The molecule has 0 aliphatic carbocycles. The highest BCUT2D eigenvalue weighted by Crippen LogP contribution is 2.40. The molecule has 0 bridgehead atoms. The number of halogens is 2. The van der Waals surface area contributed by atoms with Gasteiger partial charge in [0.25, 0.3) is 5.69 Å². The molecule has 1 aromatic heterocycles. The lowest BCUT2D eigenvalue weighted by Crippen LogP contribution is -1.96. The third kappa shape index (κ3) is 3.63. The van der Waals surface area contributed by atoms with Gasteiger partial charge in [-0.25, -0.2) is 9.78 Å². The van der Waals surface area contributed by atoms with Gasteiger partial charge >= 0.3 is 5.97 Å². The number of carbonyl (C=O) groups is 1. The van der Waals surface area contributed by atoms with Crippen molar-refractivity contribution < 1.29 is 14.8 Å². The van der Waals surface area contributed by atoms with E-state index in [0.29, 0.717) is 9.92 Å². The molecule has 1 aromatic carbocycles. The second-order valence-electron chi connectivity index (χ2n) is 3.79. The van der Waals surface area contributed by atoms with E-state index in [9.17, 15) is 14.9 Å². The first kappa shape index (κ1) is 15.6. The van der Waals surface area contributed by atoms with Crippen LogP contribution in [0.3, 0.4) is 0 Å². The normalized spacial score (nSPS) is 10.4. The van der Waals surface area contributed by atoms with E-state index in [4.69, 9.17) is 28.3 Å². The van der Waals surface area contributed by atoms with Crippen molar-refractivity contribution in [3.63, 3.8) is 0 Å². The van der Waals surface area contributed by atoms with E-state index in [0.717, 1.165) is 11.8 Å². The summed E-state index contributed by atoms with van der Waals surface area (Å²) in [7, 11) is 0. The van der Waals surface area contributed by atoms with Gasteiger partial charge < -0.3 is 5.11 Å². The summed E-state index contributed by atoms with van der Waals surface area (Å²) in [6.45, 7) is 0. The minimum absolute atomic E-state index is 0.0710. The molecule has 0 unspecified atom stereocenters. The quantitative estimate of drug-likeness (QED) is 0.661. The van der Waals surface area contributed by atoms with Gasteiger partial charge in [0.1, 0.15) is 5.03 Å². The number of hydrogen-bond donors (Lipinski definition) is 1. The Balaban J connectivity index is 2.38. The lowest BCUT2D eigenvalue weighted by Gasteiger charge is -2.06. The van der Waals surface area contributed by atoms with Crippen molar-refractivity contribution >= 4 is 46.6 Å². The fourth-order valence-electron chi connectivity index (χ4n) is 1.45. The van der Waals surface area contributed by atoms with Crippen LogP contribution in [-0.4, -0.2) is 21.0 Å². The third-order valence-corrected chi connectivity index (χ3v) is 4.28. The van der Waals surface area contributed by atoms with Crippen LogP contribution in [-0.2, 0) is 0 Å². The second-order valence-corrected chi connectivity index (χ2v) is 5.63.